The van der Waals surface area contributed by atoms with E-state index in [2.05, 4.69) is 18.0 Å². The maximum absolute atomic E-state index is 12.9. The average Bonchev–Trinajstić information content (AvgIpc) is 2.94. The standard InChI is InChI=1S/C22H29N3O2/c1-14-10-16(3)20(11-15(14)2)22(27)25-8-6-24(7-9-25)21(26)13-19-12-17(4)23-18(19)5/h10-12,23H,6-9,13H2,1-5H3. The Bertz CT molecular complexity index is 874. The summed E-state index contributed by atoms with van der Waals surface area (Å²) in [5, 5.41) is 0. The lowest BCUT2D eigenvalue weighted by Crippen LogP contribution is -2.51. The third kappa shape index (κ3) is 4.07. The first-order valence-electron chi connectivity index (χ1n) is 9.56. The number of amides is 2. The zero-order valence-electron chi connectivity index (χ0n) is 17.0. The Balaban J connectivity index is 1.61. The monoisotopic (exact) mass is 367 g/mol. The van der Waals surface area contributed by atoms with Crippen molar-refractivity contribution in [3.63, 3.8) is 0 Å². The summed E-state index contributed by atoms with van der Waals surface area (Å²) in [6, 6.07) is 6.10. The normalized spacial score (nSPS) is 14.6. The van der Waals surface area contributed by atoms with E-state index in [4.69, 9.17) is 0 Å². The molecule has 1 aromatic heterocycles. The van der Waals surface area contributed by atoms with Gasteiger partial charge in [-0.25, -0.2) is 0 Å². The van der Waals surface area contributed by atoms with Crippen molar-refractivity contribution < 1.29 is 9.59 Å². The topological polar surface area (TPSA) is 56.4 Å². The Morgan fingerprint density at radius 1 is 0.852 bits per heavy atom. The summed E-state index contributed by atoms with van der Waals surface area (Å²) in [4.78, 5) is 32.5. The largest absolute Gasteiger partial charge is 0.362 e. The Hall–Kier alpha value is -2.56. The number of piperazine rings is 1. The van der Waals surface area contributed by atoms with Gasteiger partial charge in [-0.1, -0.05) is 6.07 Å². The van der Waals surface area contributed by atoms with Crippen molar-refractivity contribution >= 4 is 11.8 Å². The van der Waals surface area contributed by atoms with Gasteiger partial charge in [0.25, 0.3) is 5.91 Å². The number of hydrogen-bond donors (Lipinski definition) is 1. The zero-order chi connectivity index (χ0) is 19.7. The SMILES string of the molecule is Cc1cc(CC(=O)N2CCN(C(=O)c3cc(C)c(C)cc3C)CC2)c(C)[nH]1. The second kappa shape index (κ2) is 7.59. The molecule has 1 N–H and O–H groups in total. The predicted octanol–water partition coefficient (Wildman–Crippen LogP) is 3.08. The molecule has 2 aromatic rings. The minimum atomic E-state index is 0.0693. The van der Waals surface area contributed by atoms with Crippen LogP contribution in [0.25, 0.3) is 0 Å². The number of carbonyl (C=O) groups excluding carboxylic acids is 2. The lowest BCUT2D eigenvalue weighted by molar-refractivity contribution is -0.131. The van der Waals surface area contributed by atoms with E-state index in [0.29, 0.717) is 32.6 Å². The lowest BCUT2D eigenvalue weighted by atomic mass is 10.00. The van der Waals surface area contributed by atoms with Gasteiger partial charge in [0.1, 0.15) is 0 Å². The molecule has 5 nitrogen and oxygen atoms in total. The molecule has 1 aromatic carbocycles. The summed E-state index contributed by atoms with van der Waals surface area (Å²) in [5.74, 6) is 0.200. The molecular formula is C22H29N3O2. The molecule has 1 fully saturated rings. The Kier molecular flexibility index (Phi) is 5.40. The van der Waals surface area contributed by atoms with Crippen LogP contribution in [0.15, 0.2) is 18.2 Å². The zero-order valence-corrected chi connectivity index (χ0v) is 17.0. The molecule has 5 heteroatoms. The third-order valence-corrected chi connectivity index (χ3v) is 5.59. The first-order chi connectivity index (χ1) is 12.8. The molecule has 2 heterocycles. The highest BCUT2D eigenvalue weighted by molar-refractivity contribution is 5.96. The number of nitrogens with zero attached hydrogens (tertiary/aromatic N) is 2. The fourth-order valence-corrected chi connectivity index (χ4v) is 3.76. The fraction of sp³-hybridized carbons (Fsp3) is 0.455. The van der Waals surface area contributed by atoms with E-state index in [1.807, 2.05) is 49.6 Å². The number of aryl methyl sites for hydroxylation is 5. The van der Waals surface area contributed by atoms with Crippen LogP contribution in [-0.2, 0) is 11.2 Å². The Labute approximate surface area is 161 Å². The molecule has 144 valence electrons. The van der Waals surface area contributed by atoms with E-state index in [-0.39, 0.29) is 11.8 Å². The van der Waals surface area contributed by atoms with Gasteiger partial charge in [0, 0.05) is 43.1 Å². The minimum absolute atomic E-state index is 0.0693. The maximum atomic E-state index is 12.9. The molecule has 0 atom stereocenters. The molecule has 3 rings (SSSR count). The first kappa shape index (κ1) is 19.2. The van der Waals surface area contributed by atoms with E-state index in [0.717, 1.165) is 33.6 Å². The molecule has 0 aliphatic carbocycles. The smallest absolute Gasteiger partial charge is 0.254 e. The molecule has 1 aliphatic heterocycles. The average molecular weight is 367 g/mol. The van der Waals surface area contributed by atoms with Crippen LogP contribution in [0.5, 0.6) is 0 Å². The highest BCUT2D eigenvalue weighted by Crippen LogP contribution is 2.19. The number of benzene rings is 1. The molecular weight excluding hydrogens is 338 g/mol. The van der Waals surface area contributed by atoms with E-state index in [1.54, 1.807) is 0 Å². The number of carbonyl (C=O) groups is 2. The molecule has 0 bridgehead atoms. The van der Waals surface area contributed by atoms with Gasteiger partial charge in [-0.3, -0.25) is 9.59 Å². The van der Waals surface area contributed by atoms with Gasteiger partial charge in [0.15, 0.2) is 0 Å². The molecule has 0 unspecified atom stereocenters. The van der Waals surface area contributed by atoms with Crippen molar-refractivity contribution in [1.82, 2.24) is 14.8 Å². The number of hydrogen-bond acceptors (Lipinski definition) is 2. The van der Waals surface area contributed by atoms with Crippen molar-refractivity contribution in [3.8, 4) is 0 Å². The summed E-state index contributed by atoms with van der Waals surface area (Å²) in [5.41, 5.74) is 7.32. The van der Waals surface area contributed by atoms with Crippen LogP contribution in [0.4, 0.5) is 0 Å². The molecule has 2 amide bonds. The summed E-state index contributed by atoms with van der Waals surface area (Å²) in [7, 11) is 0. The number of H-pyrrole nitrogens is 1. The van der Waals surface area contributed by atoms with Crippen LogP contribution in [0.3, 0.4) is 0 Å². The van der Waals surface area contributed by atoms with Gasteiger partial charge in [0.05, 0.1) is 6.42 Å². The number of rotatable bonds is 3. The summed E-state index contributed by atoms with van der Waals surface area (Å²) in [6.07, 6.45) is 0.417. The first-order valence-corrected chi connectivity index (χ1v) is 9.56. The van der Waals surface area contributed by atoms with E-state index >= 15 is 0 Å². The summed E-state index contributed by atoms with van der Waals surface area (Å²) >= 11 is 0. The van der Waals surface area contributed by atoms with Crippen molar-refractivity contribution in [1.29, 1.82) is 0 Å². The Morgan fingerprint density at radius 3 is 2.04 bits per heavy atom. The molecule has 0 spiro atoms. The second-order valence-electron chi connectivity index (χ2n) is 7.70. The second-order valence-corrected chi connectivity index (χ2v) is 7.70. The third-order valence-electron chi connectivity index (χ3n) is 5.59. The predicted molar refractivity (Wildman–Crippen MR) is 107 cm³/mol. The van der Waals surface area contributed by atoms with Crippen molar-refractivity contribution in [2.24, 2.45) is 0 Å². The molecule has 0 saturated carbocycles. The van der Waals surface area contributed by atoms with Crippen LogP contribution in [-0.4, -0.2) is 52.8 Å². The highest BCUT2D eigenvalue weighted by Gasteiger charge is 2.26. The number of aromatic amines is 1. The Morgan fingerprint density at radius 2 is 1.44 bits per heavy atom. The summed E-state index contributed by atoms with van der Waals surface area (Å²) < 4.78 is 0. The number of aromatic nitrogens is 1. The van der Waals surface area contributed by atoms with Crippen LogP contribution in [0.2, 0.25) is 0 Å². The van der Waals surface area contributed by atoms with Crippen LogP contribution in [0.1, 0.15) is 44.0 Å². The lowest BCUT2D eigenvalue weighted by Gasteiger charge is -2.35. The highest BCUT2D eigenvalue weighted by atomic mass is 16.2. The van der Waals surface area contributed by atoms with E-state index in [9.17, 15) is 9.59 Å². The summed E-state index contributed by atoms with van der Waals surface area (Å²) in [6.45, 7) is 12.4. The molecule has 27 heavy (non-hydrogen) atoms. The van der Waals surface area contributed by atoms with Gasteiger partial charge < -0.3 is 14.8 Å². The molecule has 1 aliphatic rings. The van der Waals surface area contributed by atoms with Gasteiger partial charge in [0.2, 0.25) is 5.91 Å². The van der Waals surface area contributed by atoms with Crippen LogP contribution >= 0.6 is 0 Å². The van der Waals surface area contributed by atoms with Gasteiger partial charge in [-0.2, -0.15) is 0 Å². The van der Waals surface area contributed by atoms with E-state index in [1.165, 1.54) is 5.56 Å². The molecule has 0 radical (unpaired) electrons. The minimum Gasteiger partial charge on any atom is -0.362 e. The van der Waals surface area contributed by atoms with Crippen LogP contribution < -0.4 is 0 Å². The van der Waals surface area contributed by atoms with Crippen molar-refractivity contribution in [3.05, 3.63) is 57.4 Å². The van der Waals surface area contributed by atoms with Crippen molar-refractivity contribution in [2.75, 3.05) is 26.2 Å². The quantitative estimate of drug-likeness (QED) is 0.906. The van der Waals surface area contributed by atoms with Gasteiger partial charge >= 0.3 is 0 Å². The van der Waals surface area contributed by atoms with Gasteiger partial charge in [-0.05, 0) is 69.0 Å². The van der Waals surface area contributed by atoms with E-state index < -0.39 is 0 Å². The van der Waals surface area contributed by atoms with Crippen molar-refractivity contribution in [2.45, 2.75) is 41.0 Å². The fourth-order valence-electron chi connectivity index (χ4n) is 3.76. The van der Waals surface area contributed by atoms with Crippen LogP contribution in [0, 0.1) is 34.6 Å². The maximum Gasteiger partial charge on any atom is 0.254 e. The van der Waals surface area contributed by atoms with Gasteiger partial charge in [-0.15, -0.1) is 0 Å². The molecule has 1 saturated heterocycles. The number of nitrogens with one attached hydrogen (secondary N) is 1.